The van der Waals surface area contributed by atoms with Crippen molar-refractivity contribution in [1.29, 1.82) is 5.41 Å². The van der Waals surface area contributed by atoms with Gasteiger partial charge in [0.2, 0.25) is 0 Å². The van der Waals surface area contributed by atoms with Crippen LogP contribution in [-0.4, -0.2) is 59.5 Å². The van der Waals surface area contributed by atoms with Gasteiger partial charge in [0.1, 0.15) is 35.2 Å². The number of aromatic nitrogens is 2. The maximum Gasteiger partial charge on any atom is 0.410 e. The van der Waals surface area contributed by atoms with Crippen LogP contribution in [0.5, 0.6) is 0 Å². The number of hydrogen-bond donors (Lipinski definition) is 2. The standard InChI is InChI=1S/C23H30F2N6O2/c1-23(2,3)33-22(32)31-9-7-15(8-10-31)13-30(4)21-17(12-26)20(27-14-28-21)29-19-11-16(24)5-6-18(19)25/h5-6,11-12,14-15,26H,7-10,13H2,1-4H3,(H,27,28,29). The first-order valence-electron chi connectivity index (χ1n) is 10.8. The predicted octanol–water partition coefficient (Wildman–Crippen LogP) is 4.58. The summed E-state index contributed by atoms with van der Waals surface area (Å²) in [7, 11) is 1.86. The Morgan fingerprint density at radius 1 is 1.30 bits per heavy atom. The molecule has 0 unspecified atom stereocenters. The van der Waals surface area contributed by atoms with Gasteiger partial charge in [-0.3, -0.25) is 0 Å². The van der Waals surface area contributed by atoms with Crippen molar-refractivity contribution < 1.29 is 18.3 Å². The molecule has 2 aromatic rings. The molecule has 10 heteroatoms. The van der Waals surface area contributed by atoms with Gasteiger partial charge in [0.15, 0.2) is 0 Å². The minimum atomic E-state index is -0.627. The largest absolute Gasteiger partial charge is 0.444 e. The molecule has 1 fully saturated rings. The summed E-state index contributed by atoms with van der Waals surface area (Å²) in [6.45, 7) is 7.43. The van der Waals surface area contributed by atoms with Crippen LogP contribution in [0, 0.1) is 23.0 Å². The number of carbonyl (C=O) groups is 1. The van der Waals surface area contributed by atoms with E-state index >= 15 is 0 Å². The fourth-order valence-electron chi connectivity index (χ4n) is 3.74. The van der Waals surface area contributed by atoms with Crippen molar-refractivity contribution in [3.05, 3.63) is 41.7 Å². The number of anilines is 3. The number of rotatable bonds is 6. The van der Waals surface area contributed by atoms with E-state index in [1.165, 1.54) is 6.33 Å². The number of nitrogens with zero attached hydrogens (tertiary/aromatic N) is 4. The van der Waals surface area contributed by atoms with Crippen molar-refractivity contribution in [2.75, 3.05) is 36.9 Å². The summed E-state index contributed by atoms with van der Waals surface area (Å²) in [5.41, 5.74) is -0.223. The second-order valence-electron chi connectivity index (χ2n) is 9.14. The third-order valence-corrected chi connectivity index (χ3v) is 5.35. The lowest BCUT2D eigenvalue weighted by atomic mass is 9.96. The number of nitrogens with one attached hydrogen (secondary N) is 2. The zero-order chi connectivity index (χ0) is 24.2. The maximum absolute atomic E-state index is 14.1. The molecule has 1 aromatic heterocycles. The Labute approximate surface area is 192 Å². The van der Waals surface area contributed by atoms with Gasteiger partial charge in [-0.15, -0.1) is 0 Å². The summed E-state index contributed by atoms with van der Waals surface area (Å²) in [6.07, 6.45) is 3.75. The van der Waals surface area contributed by atoms with Crippen LogP contribution in [-0.2, 0) is 4.74 Å². The van der Waals surface area contributed by atoms with Crippen molar-refractivity contribution in [1.82, 2.24) is 14.9 Å². The number of halogens is 2. The Balaban J connectivity index is 1.66. The molecule has 1 saturated heterocycles. The zero-order valence-electron chi connectivity index (χ0n) is 19.4. The second kappa shape index (κ2) is 10.1. The zero-order valence-corrected chi connectivity index (χ0v) is 19.4. The molecule has 3 rings (SSSR count). The highest BCUT2D eigenvalue weighted by Gasteiger charge is 2.28. The molecule has 1 aromatic carbocycles. The van der Waals surface area contributed by atoms with Crippen molar-refractivity contribution in [2.24, 2.45) is 5.92 Å². The minimum Gasteiger partial charge on any atom is -0.444 e. The quantitative estimate of drug-likeness (QED) is 0.613. The van der Waals surface area contributed by atoms with Gasteiger partial charge in [-0.2, -0.15) is 0 Å². The van der Waals surface area contributed by atoms with Crippen LogP contribution in [0.15, 0.2) is 24.5 Å². The normalized spacial score (nSPS) is 14.7. The molecule has 8 nitrogen and oxygen atoms in total. The van der Waals surface area contributed by atoms with E-state index in [2.05, 4.69) is 15.3 Å². The molecule has 0 bridgehead atoms. The molecule has 0 atom stereocenters. The summed E-state index contributed by atoms with van der Waals surface area (Å²) >= 11 is 0. The molecule has 178 valence electrons. The summed E-state index contributed by atoms with van der Waals surface area (Å²) in [6, 6.07) is 3.10. The van der Waals surface area contributed by atoms with Crippen molar-refractivity contribution in [2.45, 2.75) is 39.2 Å². The van der Waals surface area contributed by atoms with Gasteiger partial charge in [-0.25, -0.2) is 23.5 Å². The molecule has 2 N–H and O–H groups in total. The van der Waals surface area contributed by atoms with Crippen molar-refractivity contribution >= 4 is 29.6 Å². The number of piperidine rings is 1. The van der Waals surface area contributed by atoms with Crippen molar-refractivity contribution in [3.8, 4) is 0 Å². The summed E-state index contributed by atoms with van der Waals surface area (Å²) in [5, 5.41) is 10.6. The topological polar surface area (TPSA) is 94.4 Å². The van der Waals surface area contributed by atoms with E-state index in [9.17, 15) is 13.6 Å². The number of ether oxygens (including phenoxy) is 1. The highest BCUT2D eigenvalue weighted by molar-refractivity contribution is 5.92. The molecule has 1 aliphatic heterocycles. The summed E-state index contributed by atoms with van der Waals surface area (Å²) in [4.78, 5) is 24.3. The van der Waals surface area contributed by atoms with Crippen LogP contribution in [0.1, 0.15) is 39.2 Å². The van der Waals surface area contributed by atoms with E-state index in [0.717, 1.165) is 37.3 Å². The third-order valence-electron chi connectivity index (χ3n) is 5.35. The minimum absolute atomic E-state index is 0.0695. The molecular formula is C23H30F2N6O2. The van der Waals surface area contributed by atoms with Crippen molar-refractivity contribution in [3.63, 3.8) is 0 Å². The molecule has 1 aliphatic rings. The molecule has 0 spiro atoms. The Bertz CT molecular complexity index is 1000. The van der Waals surface area contributed by atoms with Crippen LogP contribution in [0.3, 0.4) is 0 Å². The van der Waals surface area contributed by atoms with Gasteiger partial charge in [0.05, 0.1) is 11.3 Å². The molecule has 2 heterocycles. The second-order valence-corrected chi connectivity index (χ2v) is 9.14. The highest BCUT2D eigenvalue weighted by Crippen LogP contribution is 2.28. The van der Waals surface area contributed by atoms with Gasteiger partial charge in [0.25, 0.3) is 0 Å². The summed E-state index contributed by atoms with van der Waals surface area (Å²) < 4.78 is 33.0. The van der Waals surface area contributed by atoms with Crippen LogP contribution < -0.4 is 10.2 Å². The molecule has 0 saturated carbocycles. The fraction of sp³-hybridized carbons (Fsp3) is 0.478. The van der Waals surface area contributed by atoms with Gasteiger partial charge in [0, 0.05) is 39.0 Å². The lowest BCUT2D eigenvalue weighted by Crippen LogP contribution is -2.43. The van der Waals surface area contributed by atoms with Crippen LogP contribution in [0.4, 0.5) is 30.9 Å². The van der Waals surface area contributed by atoms with Crippen LogP contribution >= 0.6 is 0 Å². The van der Waals surface area contributed by atoms with Gasteiger partial charge in [-0.1, -0.05) is 0 Å². The molecule has 33 heavy (non-hydrogen) atoms. The summed E-state index contributed by atoms with van der Waals surface area (Å²) in [5.74, 6) is -0.170. The molecule has 1 amide bonds. The van der Waals surface area contributed by atoms with E-state index in [0.29, 0.717) is 36.9 Å². The van der Waals surface area contributed by atoms with E-state index in [1.807, 2.05) is 32.7 Å². The lowest BCUT2D eigenvalue weighted by Gasteiger charge is -2.35. The van der Waals surface area contributed by atoms with E-state index < -0.39 is 17.2 Å². The number of amides is 1. The molecular weight excluding hydrogens is 430 g/mol. The van der Waals surface area contributed by atoms with Gasteiger partial charge in [-0.05, 0) is 51.7 Å². The third kappa shape index (κ3) is 6.36. The molecule has 0 aliphatic carbocycles. The predicted molar refractivity (Wildman–Crippen MR) is 123 cm³/mol. The average molecular weight is 461 g/mol. The molecule has 0 radical (unpaired) electrons. The average Bonchev–Trinajstić information content (AvgIpc) is 2.75. The Kier molecular flexibility index (Phi) is 7.45. The van der Waals surface area contributed by atoms with E-state index in [4.69, 9.17) is 10.1 Å². The van der Waals surface area contributed by atoms with Gasteiger partial charge < -0.3 is 25.3 Å². The Morgan fingerprint density at radius 2 is 2.00 bits per heavy atom. The smallest absolute Gasteiger partial charge is 0.410 e. The monoisotopic (exact) mass is 460 g/mol. The number of hydrogen-bond acceptors (Lipinski definition) is 7. The Hall–Kier alpha value is -3.30. The van der Waals surface area contributed by atoms with Crippen LogP contribution in [0.2, 0.25) is 0 Å². The van der Waals surface area contributed by atoms with Gasteiger partial charge >= 0.3 is 6.09 Å². The first-order chi connectivity index (χ1) is 15.6. The number of likely N-dealkylation sites (tertiary alicyclic amines) is 1. The lowest BCUT2D eigenvalue weighted by molar-refractivity contribution is 0.0186. The Morgan fingerprint density at radius 3 is 2.64 bits per heavy atom. The van der Waals surface area contributed by atoms with Crippen LogP contribution in [0.25, 0.3) is 0 Å². The number of carbonyl (C=O) groups excluding carboxylic acids is 1. The first-order valence-corrected chi connectivity index (χ1v) is 10.8. The SMILES string of the molecule is CN(CC1CCN(C(=O)OC(C)(C)C)CC1)c1ncnc(Nc2cc(F)ccc2F)c1C=N. The van der Waals surface area contributed by atoms with E-state index in [1.54, 1.807) is 4.90 Å². The number of benzene rings is 1. The van der Waals surface area contributed by atoms with E-state index in [-0.39, 0.29) is 17.6 Å². The fourth-order valence-corrected chi connectivity index (χ4v) is 3.74. The highest BCUT2D eigenvalue weighted by atomic mass is 19.1. The first kappa shape index (κ1) is 24.3. The maximum atomic E-state index is 14.1.